The molecule has 0 saturated heterocycles. The van der Waals surface area contributed by atoms with Crippen LogP contribution in [0.3, 0.4) is 0 Å². The van der Waals surface area contributed by atoms with Crippen molar-refractivity contribution in [1.29, 1.82) is 0 Å². The van der Waals surface area contributed by atoms with Crippen LogP contribution < -0.4 is 0 Å². The van der Waals surface area contributed by atoms with Gasteiger partial charge in [-0.3, -0.25) is 0 Å². The summed E-state index contributed by atoms with van der Waals surface area (Å²) in [6.45, 7) is 0. The average molecular weight is 239 g/mol. The van der Waals surface area contributed by atoms with Gasteiger partial charge in [-0.25, -0.2) is 0 Å². The first-order chi connectivity index (χ1) is 6.42. The second kappa shape index (κ2) is 4.28. The van der Waals surface area contributed by atoms with Crippen LogP contribution in [0.2, 0.25) is 0 Å². The minimum absolute atomic E-state index is 0.841. The van der Waals surface area contributed by atoms with Crippen molar-refractivity contribution in [2.24, 2.45) is 0 Å². The monoisotopic (exact) mass is 238 g/mol. The lowest BCUT2D eigenvalue weighted by Crippen LogP contribution is -1.93. The maximum atomic E-state index is 3.50. The number of hydrogen-bond donors (Lipinski definition) is 0. The summed E-state index contributed by atoms with van der Waals surface area (Å²) in [6, 6.07) is 8.92. The molecule has 0 heterocycles. The van der Waals surface area contributed by atoms with Gasteiger partial charge < -0.3 is 0 Å². The van der Waals surface area contributed by atoms with Crippen LogP contribution >= 0.6 is 15.9 Å². The fraction of sp³-hybridized carbons (Fsp3) is 0.500. The SMILES string of the molecule is BrCCCC1CCc2ccccc21. The van der Waals surface area contributed by atoms with Gasteiger partial charge in [-0.05, 0) is 42.7 Å². The Labute approximate surface area is 88.5 Å². The molecule has 1 unspecified atom stereocenters. The number of hydrogen-bond acceptors (Lipinski definition) is 0. The second-order valence-electron chi connectivity index (χ2n) is 3.77. The number of aryl methyl sites for hydroxylation is 1. The highest BCUT2D eigenvalue weighted by Gasteiger charge is 2.20. The molecule has 1 aromatic carbocycles. The van der Waals surface area contributed by atoms with Gasteiger partial charge in [0.25, 0.3) is 0 Å². The second-order valence-corrected chi connectivity index (χ2v) is 4.56. The molecule has 0 radical (unpaired) electrons. The average Bonchev–Trinajstić information content (AvgIpc) is 2.58. The molecule has 1 aliphatic carbocycles. The zero-order chi connectivity index (χ0) is 9.10. The number of fused-ring (bicyclic) bond motifs is 1. The molecular weight excluding hydrogens is 224 g/mol. The van der Waals surface area contributed by atoms with E-state index in [0.29, 0.717) is 0 Å². The van der Waals surface area contributed by atoms with Gasteiger partial charge in [0, 0.05) is 5.33 Å². The Kier molecular flexibility index (Phi) is 3.05. The van der Waals surface area contributed by atoms with E-state index in [2.05, 4.69) is 40.2 Å². The highest BCUT2D eigenvalue weighted by molar-refractivity contribution is 9.09. The molecule has 1 aromatic rings. The Bertz CT molecular complexity index is 280. The number of rotatable bonds is 3. The molecule has 1 atom stereocenters. The van der Waals surface area contributed by atoms with E-state index in [1.165, 1.54) is 25.7 Å². The highest BCUT2D eigenvalue weighted by atomic mass is 79.9. The summed E-state index contributed by atoms with van der Waals surface area (Å²) in [4.78, 5) is 0. The van der Waals surface area contributed by atoms with Crippen LogP contribution in [-0.2, 0) is 6.42 Å². The molecule has 0 aliphatic heterocycles. The molecule has 0 nitrogen and oxygen atoms in total. The van der Waals surface area contributed by atoms with Crippen molar-refractivity contribution >= 4 is 15.9 Å². The Morgan fingerprint density at radius 3 is 3.00 bits per heavy atom. The minimum atomic E-state index is 0.841. The van der Waals surface area contributed by atoms with E-state index in [0.717, 1.165) is 11.2 Å². The molecule has 0 aromatic heterocycles. The Morgan fingerprint density at radius 2 is 2.15 bits per heavy atom. The van der Waals surface area contributed by atoms with Crippen molar-refractivity contribution in [2.75, 3.05) is 5.33 Å². The van der Waals surface area contributed by atoms with Crippen molar-refractivity contribution in [3.05, 3.63) is 35.4 Å². The predicted octanol–water partition coefficient (Wildman–Crippen LogP) is 3.89. The van der Waals surface area contributed by atoms with Crippen LogP contribution in [0.5, 0.6) is 0 Å². The van der Waals surface area contributed by atoms with Crippen LogP contribution in [0.25, 0.3) is 0 Å². The first kappa shape index (κ1) is 9.26. The van der Waals surface area contributed by atoms with Crippen LogP contribution in [0.1, 0.15) is 36.3 Å². The Balaban J connectivity index is 2.09. The smallest absolute Gasteiger partial charge is 0.00315 e. The number of halogens is 1. The molecule has 0 bridgehead atoms. The van der Waals surface area contributed by atoms with Crippen LogP contribution in [-0.4, -0.2) is 5.33 Å². The standard InChI is InChI=1S/C12H15Br/c13-9-3-5-11-8-7-10-4-1-2-6-12(10)11/h1-2,4,6,11H,3,5,7-9H2. The summed E-state index contributed by atoms with van der Waals surface area (Å²) < 4.78 is 0. The molecule has 1 aliphatic rings. The van der Waals surface area contributed by atoms with E-state index in [-0.39, 0.29) is 0 Å². The highest BCUT2D eigenvalue weighted by Crippen LogP contribution is 2.35. The molecule has 0 amide bonds. The molecule has 0 fully saturated rings. The van der Waals surface area contributed by atoms with E-state index in [1.54, 1.807) is 11.1 Å². The van der Waals surface area contributed by atoms with E-state index in [4.69, 9.17) is 0 Å². The molecule has 0 saturated carbocycles. The first-order valence-electron chi connectivity index (χ1n) is 5.05. The zero-order valence-corrected chi connectivity index (χ0v) is 9.39. The molecule has 70 valence electrons. The van der Waals surface area contributed by atoms with Gasteiger partial charge in [-0.15, -0.1) is 0 Å². The quantitative estimate of drug-likeness (QED) is 0.702. The zero-order valence-electron chi connectivity index (χ0n) is 7.80. The Morgan fingerprint density at radius 1 is 1.31 bits per heavy atom. The van der Waals surface area contributed by atoms with Gasteiger partial charge in [0.2, 0.25) is 0 Å². The molecule has 0 N–H and O–H groups in total. The van der Waals surface area contributed by atoms with Gasteiger partial charge >= 0.3 is 0 Å². The maximum absolute atomic E-state index is 3.50. The molecule has 1 heteroatoms. The lowest BCUT2D eigenvalue weighted by molar-refractivity contribution is 0.612. The van der Waals surface area contributed by atoms with E-state index in [9.17, 15) is 0 Å². The summed E-state index contributed by atoms with van der Waals surface area (Å²) in [6.07, 6.45) is 5.32. The molecule has 2 rings (SSSR count). The van der Waals surface area contributed by atoms with Crippen molar-refractivity contribution in [1.82, 2.24) is 0 Å². The normalized spacial score (nSPS) is 20.2. The lowest BCUT2D eigenvalue weighted by Gasteiger charge is -2.09. The summed E-state index contributed by atoms with van der Waals surface area (Å²) in [5.41, 5.74) is 3.20. The Hall–Kier alpha value is -0.300. The summed E-state index contributed by atoms with van der Waals surface area (Å²) in [5, 5.41) is 1.14. The van der Waals surface area contributed by atoms with Crippen molar-refractivity contribution in [3.63, 3.8) is 0 Å². The molecular formula is C12H15Br. The fourth-order valence-electron chi connectivity index (χ4n) is 2.27. The van der Waals surface area contributed by atoms with Crippen molar-refractivity contribution < 1.29 is 0 Å². The summed E-state index contributed by atoms with van der Waals surface area (Å²) >= 11 is 3.50. The first-order valence-corrected chi connectivity index (χ1v) is 6.17. The summed E-state index contributed by atoms with van der Waals surface area (Å²) in [5.74, 6) is 0.841. The lowest BCUT2D eigenvalue weighted by atomic mass is 9.97. The van der Waals surface area contributed by atoms with Crippen LogP contribution in [0.15, 0.2) is 24.3 Å². The fourth-order valence-corrected chi connectivity index (χ4v) is 2.59. The molecule has 13 heavy (non-hydrogen) atoms. The van der Waals surface area contributed by atoms with Crippen molar-refractivity contribution in [2.45, 2.75) is 31.6 Å². The molecule has 0 spiro atoms. The van der Waals surface area contributed by atoms with Gasteiger partial charge in [0.1, 0.15) is 0 Å². The van der Waals surface area contributed by atoms with Gasteiger partial charge in [0.05, 0.1) is 0 Å². The van der Waals surface area contributed by atoms with Crippen molar-refractivity contribution in [3.8, 4) is 0 Å². The minimum Gasteiger partial charge on any atom is -0.0928 e. The van der Waals surface area contributed by atoms with Gasteiger partial charge in [-0.2, -0.15) is 0 Å². The number of benzene rings is 1. The third-order valence-electron chi connectivity index (χ3n) is 2.94. The number of alkyl halides is 1. The van der Waals surface area contributed by atoms with E-state index >= 15 is 0 Å². The third-order valence-corrected chi connectivity index (χ3v) is 3.50. The predicted molar refractivity (Wildman–Crippen MR) is 60.5 cm³/mol. The van der Waals surface area contributed by atoms with Gasteiger partial charge in [0.15, 0.2) is 0 Å². The van der Waals surface area contributed by atoms with Crippen LogP contribution in [0, 0.1) is 0 Å². The summed E-state index contributed by atoms with van der Waals surface area (Å²) in [7, 11) is 0. The topological polar surface area (TPSA) is 0 Å². The van der Waals surface area contributed by atoms with E-state index < -0.39 is 0 Å². The van der Waals surface area contributed by atoms with Crippen LogP contribution in [0.4, 0.5) is 0 Å². The largest absolute Gasteiger partial charge is 0.0928 e. The third kappa shape index (κ3) is 1.96. The van der Waals surface area contributed by atoms with Gasteiger partial charge in [-0.1, -0.05) is 40.2 Å². The maximum Gasteiger partial charge on any atom is 0.00315 e. The van der Waals surface area contributed by atoms with E-state index in [1.807, 2.05) is 0 Å².